The van der Waals surface area contributed by atoms with E-state index in [-0.39, 0.29) is 11.7 Å². The number of benzene rings is 2. The molecule has 1 aromatic heterocycles. The van der Waals surface area contributed by atoms with E-state index in [1.165, 1.54) is 23.1 Å². The van der Waals surface area contributed by atoms with E-state index in [0.29, 0.717) is 15.7 Å². The number of nitrogen functional groups attached to an aromatic ring is 1. The summed E-state index contributed by atoms with van der Waals surface area (Å²) in [5, 5.41) is 4.12. The lowest BCUT2D eigenvalue weighted by Gasteiger charge is -2.06. The minimum atomic E-state index is -0.111. The van der Waals surface area contributed by atoms with Gasteiger partial charge in [-0.1, -0.05) is 71.1 Å². The molecule has 3 rings (SSSR count). The highest BCUT2D eigenvalue weighted by Crippen LogP contribution is 2.35. The van der Waals surface area contributed by atoms with Crippen LogP contribution in [0.4, 0.5) is 10.7 Å². The second kappa shape index (κ2) is 7.91. The van der Waals surface area contributed by atoms with Crippen molar-refractivity contribution >= 4 is 51.3 Å². The molecule has 3 N–H and O–H groups in total. The molecule has 1 heterocycles. The summed E-state index contributed by atoms with van der Waals surface area (Å²) >= 11 is 8.83. The zero-order valence-electron chi connectivity index (χ0n) is 13.5. The number of halogens is 1. The molecule has 0 atom stereocenters. The molecule has 2 aromatic carbocycles. The van der Waals surface area contributed by atoms with Crippen molar-refractivity contribution in [3.05, 3.63) is 59.1 Å². The van der Waals surface area contributed by atoms with Crippen LogP contribution in [0, 0.1) is 6.92 Å². The maximum atomic E-state index is 12.1. The van der Waals surface area contributed by atoms with Crippen molar-refractivity contribution in [3.8, 4) is 11.3 Å². The predicted molar refractivity (Wildman–Crippen MR) is 108 cm³/mol. The van der Waals surface area contributed by atoms with Gasteiger partial charge < -0.3 is 11.1 Å². The summed E-state index contributed by atoms with van der Waals surface area (Å²) in [6.45, 7) is 1.92. The van der Waals surface area contributed by atoms with Gasteiger partial charge in [-0.2, -0.15) is 0 Å². The number of aromatic nitrogens is 1. The van der Waals surface area contributed by atoms with Crippen LogP contribution in [0.5, 0.6) is 0 Å². The molecular weight excluding hydrogens is 374 g/mol. The van der Waals surface area contributed by atoms with Crippen molar-refractivity contribution < 1.29 is 4.79 Å². The Labute approximate surface area is 159 Å². The van der Waals surface area contributed by atoms with Crippen LogP contribution >= 0.6 is 34.7 Å². The van der Waals surface area contributed by atoms with Gasteiger partial charge in [0.05, 0.1) is 5.75 Å². The van der Waals surface area contributed by atoms with Crippen LogP contribution in [0.1, 0.15) is 5.56 Å². The summed E-state index contributed by atoms with van der Waals surface area (Å²) in [7, 11) is 0. The molecule has 0 fully saturated rings. The number of nitrogens with two attached hydrogens (primary N) is 1. The smallest absolute Gasteiger partial charge is 0.234 e. The number of nitrogens with zero attached hydrogens (tertiary/aromatic N) is 1. The fraction of sp³-hybridized carbons (Fsp3) is 0.111. The Morgan fingerprint density at radius 2 is 2.04 bits per heavy atom. The third-order valence-corrected chi connectivity index (χ3v) is 5.90. The number of rotatable bonds is 5. The summed E-state index contributed by atoms with van der Waals surface area (Å²) in [6, 6.07) is 15.2. The van der Waals surface area contributed by atoms with E-state index >= 15 is 0 Å². The van der Waals surface area contributed by atoms with Crippen molar-refractivity contribution in [1.29, 1.82) is 0 Å². The van der Waals surface area contributed by atoms with E-state index < -0.39 is 0 Å². The summed E-state index contributed by atoms with van der Waals surface area (Å²) in [4.78, 5) is 16.7. The SMILES string of the molecule is Cc1ccc(NC(=O)CSc2nc(-c3ccccc3)c(N)s2)cc1Cl. The first-order valence-electron chi connectivity index (χ1n) is 7.53. The number of aryl methyl sites for hydroxylation is 1. The molecule has 0 saturated heterocycles. The lowest BCUT2D eigenvalue weighted by molar-refractivity contribution is -0.113. The molecule has 128 valence electrons. The van der Waals surface area contributed by atoms with Gasteiger partial charge in [0.15, 0.2) is 4.34 Å². The fourth-order valence-corrected chi connectivity index (χ4v) is 4.10. The van der Waals surface area contributed by atoms with Crippen LogP contribution < -0.4 is 11.1 Å². The maximum absolute atomic E-state index is 12.1. The minimum Gasteiger partial charge on any atom is -0.389 e. The fourth-order valence-electron chi connectivity index (χ4n) is 2.17. The van der Waals surface area contributed by atoms with Crippen LogP contribution in [-0.4, -0.2) is 16.6 Å². The highest BCUT2D eigenvalue weighted by atomic mass is 35.5. The predicted octanol–water partition coefficient (Wildman–Crippen LogP) is 5.08. The van der Waals surface area contributed by atoms with E-state index in [9.17, 15) is 4.79 Å². The number of thiazole rings is 1. The Morgan fingerprint density at radius 3 is 2.76 bits per heavy atom. The third kappa shape index (κ3) is 4.54. The molecule has 0 unspecified atom stereocenters. The number of anilines is 2. The van der Waals surface area contributed by atoms with Crippen LogP contribution in [0.25, 0.3) is 11.3 Å². The first-order valence-corrected chi connectivity index (χ1v) is 9.71. The number of hydrogen-bond acceptors (Lipinski definition) is 5. The lowest BCUT2D eigenvalue weighted by atomic mass is 10.2. The van der Waals surface area contributed by atoms with E-state index in [0.717, 1.165) is 21.2 Å². The van der Waals surface area contributed by atoms with Gasteiger partial charge in [-0.05, 0) is 24.6 Å². The third-order valence-electron chi connectivity index (χ3n) is 3.46. The largest absolute Gasteiger partial charge is 0.389 e. The average molecular weight is 390 g/mol. The Hall–Kier alpha value is -2.02. The Balaban J connectivity index is 1.62. The van der Waals surface area contributed by atoms with E-state index in [4.69, 9.17) is 17.3 Å². The van der Waals surface area contributed by atoms with Crippen molar-refractivity contribution in [2.75, 3.05) is 16.8 Å². The summed E-state index contributed by atoms with van der Waals surface area (Å²) < 4.78 is 0.772. The number of carbonyl (C=O) groups is 1. The number of hydrogen-bond donors (Lipinski definition) is 2. The molecule has 0 aliphatic heterocycles. The van der Waals surface area contributed by atoms with E-state index in [2.05, 4.69) is 10.3 Å². The van der Waals surface area contributed by atoms with Crippen LogP contribution in [-0.2, 0) is 4.79 Å². The molecule has 0 bridgehead atoms. The van der Waals surface area contributed by atoms with Crippen molar-refractivity contribution in [1.82, 2.24) is 4.98 Å². The first-order chi connectivity index (χ1) is 12.0. The topological polar surface area (TPSA) is 68.0 Å². The zero-order valence-corrected chi connectivity index (χ0v) is 15.8. The zero-order chi connectivity index (χ0) is 17.8. The molecule has 0 spiro atoms. The molecular formula is C18H16ClN3OS2. The minimum absolute atomic E-state index is 0.111. The van der Waals surface area contributed by atoms with Gasteiger partial charge in [0.25, 0.3) is 0 Å². The Morgan fingerprint density at radius 1 is 1.28 bits per heavy atom. The summed E-state index contributed by atoms with van der Waals surface area (Å²) in [5.74, 6) is 0.145. The lowest BCUT2D eigenvalue weighted by Crippen LogP contribution is -2.13. The van der Waals surface area contributed by atoms with Gasteiger partial charge >= 0.3 is 0 Å². The average Bonchev–Trinajstić information content (AvgIpc) is 2.98. The molecule has 0 radical (unpaired) electrons. The van der Waals surface area contributed by atoms with Gasteiger partial charge in [0.1, 0.15) is 10.7 Å². The van der Waals surface area contributed by atoms with Gasteiger partial charge in [0, 0.05) is 16.3 Å². The quantitative estimate of drug-likeness (QED) is 0.596. The summed E-state index contributed by atoms with van der Waals surface area (Å²) in [6.07, 6.45) is 0. The molecule has 7 heteroatoms. The molecule has 1 amide bonds. The standard InChI is InChI=1S/C18H16ClN3OS2/c1-11-7-8-13(9-14(11)19)21-15(23)10-24-18-22-16(17(20)25-18)12-5-3-2-4-6-12/h2-9H,10,20H2,1H3,(H,21,23). The van der Waals surface area contributed by atoms with Crippen molar-refractivity contribution in [2.24, 2.45) is 0 Å². The van der Waals surface area contributed by atoms with Gasteiger partial charge in [-0.15, -0.1) is 0 Å². The van der Waals surface area contributed by atoms with Crippen molar-refractivity contribution in [2.45, 2.75) is 11.3 Å². The van der Waals surface area contributed by atoms with Crippen LogP contribution in [0.2, 0.25) is 5.02 Å². The van der Waals surface area contributed by atoms with Crippen LogP contribution in [0.15, 0.2) is 52.9 Å². The second-order valence-electron chi connectivity index (χ2n) is 5.36. The molecule has 3 aromatic rings. The van der Waals surface area contributed by atoms with E-state index in [1.807, 2.05) is 49.4 Å². The Bertz CT molecular complexity index is 897. The second-order valence-corrected chi connectivity index (χ2v) is 8.02. The maximum Gasteiger partial charge on any atom is 0.234 e. The van der Waals surface area contributed by atoms with Gasteiger partial charge in [-0.25, -0.2) is 4.98 Å². The summed E-state index contributed by atoms with van der Waals surface area (Å²) in [5.41, 5.74) is 9.46. The molecule has 25 heavy (non-hydrogen) atoms. The normalized spacial score (nSPS) is 10.6. The highest BCUT2D eigenvalue weighted by molar-refractivity contribution is 8.01. The monoisotopic (exact) mass is 389 g/mol. The number of thioether (sulfide) groups is 1. The molecule has 4 nitrogen and oxygen atoms in total. The molecule has 0 aliphatic carbocycles. The molecule has 0 aliphatic rings. The Kier molecular flexibility index (Phi) is 5.63. The number of amides is 1. The number of carbonyl (C=O) groups excluding carboxylic acids is 1. The van der Waals surface area contributed by atoms with Crippen LogP contribution in [0.3, 0.4) is 0 Å². The van der Waals surface area contributed by atoms with Crippen molar-refractivity contribution in [3.63, 3.8) is 0 Å². The number of nitrogens with one attached hydrogen (secondary N) is 1. The first kappa shape index (κ1) is 17.8. The van der Waals surface area contributed by atoms with Gasteiger partial charge in [-0.3, -0.25) is 4.79 Å². The highest BCUT2D eigenvalue weighted by Gasteiger charge is 2.12. The van der Waals surface area contributed by atoms with E-state index in [1.54, 1.807) is 6.07 Å². The van der Waals surface area contributed by atoms with Gasteiger partial charge in [0.2, 0.25) is 5.91 Å². The molecule has 0 saturated carbocycles.